The lowest BCUT2D eigenvalue weighted by Crippen LogP contribution is -2.39. The fourth-order valence-electron chi connectivity index (χ4n) is 4.16. The van der Waals surface area contributed by atoms with Gasteiger partial charge in [-0.25, -0.2) is 9.97 Å². The SMILES string of the molecule is O=C(CSc1ncnc2c1oc1ccccc12)N1CCC(Cc2ccccc2)CC1. The summed E-state index contributed by atoms with van der Waals surface area (Å²) in [7, 11) is 0. The molecule has 5 rings (SSSR count). The van der Waals surface area contributed by atoms with Crippen LogP contribution in [0.4, 0.5) is 0 Å². The monoisotopic (exact) mass is 417 g/mol. The largest absolute Gasteiger partial charge is 0.451 e. The minimum absolute atomic E-state index is 0.168. The number of nitrogens with zero attached hydrogens (tertiary/aromatic N) is 3. The molecule has 0 atom stereocenters. The molecule has 1 amide bonds. The number of furan rings is 1. The number of piperidine rings is 1. The van der Waals surface area contributed by atoms with Gasteiger partial charge >= 0.3 is 0 Å². The molecule has 2 aromatic heterocycles. The number of fused-ring (bicyclic) bond motifs is 3. The van der Waals surface area contributed by atoms with Crippen molar-refractivity contribution in [3.63, 3.8) is 0 Å². The number of hydrogen-bond acceptors (Lipinski definition) is 5. The van der Waals surface area contributed by atoms with E-state index < -0.39 is 0 Å². The Balaban J connectivity index is 1.20. The predicted octanol–water partition coefficient (Wildman–Crippen LogP) is 4.95. The second-order valence-corrected chi connectivity index (χ2v) is 8.72. The van der Waals surface area contributed by atoms with Gasteiger partial charge < -0.3 is 9.32 Å². The second kappa shape index (κ2) is 8.48. The molecule has 1 saturated heterocycles. The Labute approximate surface area is 179 Å². The fraction of sp³-hybridized carbons (Fsp3) is 0.292. The standard InChI is InChI=1S/C24H23N3O2S/c28-21(27-12-10-18(11-13-27)14-17-6-2-1-3-7-17)15-30-24-23-22(25-16-26-24)19-8-4-5-9-20(19)29-23/h1-9,16,18H,10-15H2. The number of amides is 1. The lowest BCUT2D eigenvalue weighted by Gasteiger charge is -2.32. The Hall–Kier alpha value is -2.86. The molecule has 3 heterocycles. The normalized spacial score (nSPS) is 15.1. The number of para-hydroxylation sites is 1. The van der Waals surface area contributed by atoms with Crippen molar-refractivity contribution in [2.75, 3.05) is 18.8 Å². The predicted molar refractivity (Wildman–Crippen MR) is 119 cm³/mol. The second-order valence-electron chi connectivity index (χ2n) is 7.76. The van der Waals surface area contributed by atoms with Gasteiger partial charge in [-0.05, 0) is 42.9 Å². The lowest BCUT2D eigenvalue weighted by atomic mass is 9.90. The topological polar surface area (TPSA) is 59.2 Å². The molecule has 1 fully saturated rings. The van der Waals surface area contributed by atoms with Gasteiger partial charge in [-0.2, -0.15) is 0 Å². The van der Waals surface area contributed by atoms with Crippen molar-refractivity contribution in [3.8, 4) is 0 Å². The first kappa shape index (κ1) is 19.1. The quantitative estimate of drug-likeness (QED) is 0.340. The lowest BCUT2D eigenvalue weighted by molar-refractivity contribution is -0.129. The van der Waals surface area contributed by atoms with Crippen LogP contribution in [0.1, 0.15) is 18.4 Å². The smallest absolute Gasteiger partial charge is 0.232 e. The van der Waals surface area contributed by atoms with E-state index in [1.165, 1.54) is 17.3 Å². The number of rotatable bonds is 5. The highest BCUT2D eigenvalue weighted by Gasteiger charge is 2.23. The van der Waals surface area contributed by atoms with Crippen LogP contribution in [0, 0.1) is 5.92 Å². The summed E-state index contributed by atoms with van der Waals surface area (Å²) in [4.78, 5) is 23.5. The van der Waals surface area contributed by atoms with E-state index in [9.17, 15) is 4.79 Å². The number of thioether (sulfide) groups is 1. The number of aromatic nitrogens is 2. The van der Waals surface area contributed by atoms with E-state index in [4.69, 9.17) is 4.42 Å². The Morgan fingerprint density at radius 1 is 1.03 bits per heavy atom. The Morgan fingerprint density at radius 3 is 2.63 bits per heavy atom. The Kier molecular flexibility index (Phi) is 5.41. The summed E-state index contributed by atoms with van der Waals surface area (Å²) < 4.78 is 5.96. The molecule has 4 aromatic rings. The van der Waals surface area contributed by atoms with Gasteiger partial charge in [0.15, 0.2) is 5.58 Å². The summed E-state index contributed by atoms with van der Waals surface area (Å²) in [6.07, 6.45) is 4.77. The number of likely N-dealkylation sites (tertiary alicyclic amines) is 1. The number of benzene rings is 2. The van der Waals surface area contributed by atoms with E-state index in [0.29, 0.717) is 17.3 Å². The maximum atomic E-state index is 12.8. The molecule has 152 valence electrons. The zero-order chi connectivity index (χ0) is 20.3. The summed E-state index contributed by atoms with van der Waals surface area (Å²) >= 11 is 1.43. The highest BCUT2D eigenvalue weighted by molar-refractivity contribution is 8.00. The van der Waals surface area contributed by atoms with Crippen molar-refractivity contribution >= 4 is 39.7 Å². The van der Waals surface area contributed by atoms with Crippen molar-refractivity contribution in [2.45, 2.75) is 24.3 Å². The van der Waals surface area contributed by atoms with Gasteiger partial charge in [0.05, 0.1) is 5.75 Å². The minimum Gasteiger partial charge on any atom is -0.451 e. The van der Waals surface area contributed by atoms with Crippen LogP contribution in [-0.2, 0) is 11.2 Å². The van der Waals surface area contributed by atoms with E-state index in [2.05, 4.69) is 40.3 Å². The van der Waals surface area contributed by atoms with E-state index in [1.54, 1.807) is 6.33 Å². The summed E-state index contributed by atoms with van der Waals surface area (Å²) in [6.45, 7) is 1.67. The molecule has 2 aromatic carbocycles. The van der Waals surface area contributed by atoms with Crippen LogP contribution in [0.3, 0.4) is 0 Å². The molecule has 0 N–H and O–H groups in total. The molecule has 0 saturated carbocycles. The number of carbonyl (C=O) groups is 1. The molecule has 1 aliphatic rings. The highest BCUT2D eigenvalue weighted by atomic mass is 32.2. The van der Waals surface area contributed by atoms with Crippen LogP contribution >= 0.6 is 11.8 Å². The molecule has 30 heavy (non-hydrogen) atoms. The summed E-state index contributed by atoms with van der Waals surface area (Å²) in [6, 6.07) is 18.5. The molecular weight excluding hydrogens is 394 g/mol. The maximum Gasteiger partial charge on any atom is 0.232 e. The zero-order valence-corrected chi connectivity index (χ0v) is 17.5. The highest BCUT2D eigenvalue weighted by Crippen LogP contribution is 2.32. The third-order valence-corrected chi connectivity index (χ3v) is 6.75. The van der Waals surface area contributed by atoms with Crippen LogP contribution in [-0.4, -0.2) is 39.6 Å². The van der Waals surface area contributed by atoms with Crippen LogP contribution in [0.15, 0.2) is 70.4 Å². The van der Waals surface area contributed by atoms with Gasteiger partial charge in [0.25, 0.3) is 0 Å². The minimum atomic E-state index is 0.168. The molecule has 5 nitrogen and oxygen atoms in total. The van der Waals surface area contributed by atoms with Crippen molar-refractivity contribution in [3.05, 3.63) is 66.5 Å². The number of carbonyl (C=O) groups excluding carboxylic acids is 1. The molecule has 0 spiro atoms. The fourth-order valence-corrected chi connectivity index (χ4v) is 4.99. The van der Waals surface area contributed by atoms with Gasteiger partial charge in [0.1, 0.15) is 22.5 Å². The first-order chi connectivity index (χ1) is 14.8. The Bertz CT molecular complexity index is 1170. The van der Waals surface area contributed by atoms with Gasteiger partial charge in [0.2, 0.25) is 5.91 Å². The first-order valence-electron chi connectivity index (χ1n) is 10.3. The van der Waals surface area contributed by atoms with Crippen molar-refractivity contribution < 1.29 is 9.21 Å². The van der Waals surface area contributed by atoms with Gasteiger partial charge in [-0.15, -0.1) is 0 Å². The van der Waals surface area contributed by atoms with Crippen LogP contribution < -0.4 is 0 Å². The summed E-state index contributed by atoms with van der Waals surface area (Å²) in [5.41, 5.74) is 3.65. The molecule has 0 radical (unpaired) electrons. The average molecular weight is 418 g/mol. The molecule has 0 unspecified atom stereocenters. The molecule has 0 bridgehead atoms. The van der Waals surface area contributed by atoms with Crippen LogP contribution in [0.5, 0.6) is 0 Å². The maximum absolute atomic E-state index is 12.8. The summed E-state index contributed by atoms with van der Waals surface area (Å²) in [5, 5.41) is 1.70. The van der Waals surface area contributed by atoms with Gasteiger partial charge in [-0.3, -0.25) is 4.79 Å². The first-order valence-corrected chi connectivity index (χ1v) is 11.3. The van der Waals surface area contributed by atoms with Crippen LogP contribution in [0.25, 0.3) is 22.1 Å². The van der Waals surface area contributed by atoms with Crippen LogP contribution in [0.2, 0.25) is 0 Å². The molecule has 6 heteroatoms. The third-order valence-electron chi connectivity index (χ3n) is 5.79. The zero-order valence-electron chi connectivity index (χ0n) is 16.7. The third kappa shape index (κ3) is 3.92. The van der Waals surface area contributed by atoms with Crippen molar-refractivity contribution in [2.24, 2.45) is 5.92 Å². The molecule has 1 aliphatic heterocycles. The molecular formula is C24H23N3O2S. The van der Waals surface area contributed by atoms with Gasteiger partial charge in [0, 0.05) is 18.5 Å². The van der Waals surface area contributed by atoms with E-state index in [1.807, 2.05) is 29.2 Å². The van der Waals surface area contributed by atoms with Crippen molar-refractivity contribution in [1.82, 2.24) is 14.9 Å². The summed E-state index contributed by atoms with van der Waals surface area (Å²) in [5.74, 6) is 1.19. The van der Waals surface area contributed by atoms with E-state index in [-0.39, 0.29) is 5.91 Å². The van der Waals surface area contributed by atoms with E-state index in [0.717, 1.165) is 53.9 Å². The average Bonchev–Trinajstić information content (AvgIpc) is 3.18. The van der Waals surface area contributed by atoms with Gasteiger partial charge in [-0.1, -0.05) is 54.2 Å². The van der Waals surface area contributed by atoms with Crippen molar-refractivity contribution in [1.29, 1.82) is 0 Å². The van der Waals surface area contributed by atoms with E-state index >= 15 is 0 Å². The number of hydrogen-bond donors (Lipinski definition) is 0. The Morgan fingerprint density at radius 2 is 1.80 bits per heavy atom. The molecule has 0 aliphatic carbocycles.